The molecule has 1 aliphatic rings. The molecule has 1 saturated heterocycles. The first kappa shape index (κ1) is 22.1. The van der Waals surface area contributed by atoms with Crippen LogP contribution in [0.4, 0.5) is 5.69 Å². The van der Waals surface area contributed by atoms with E-state index in [0.29, 0.717) is 53.9 Å². The molecular formula is C26H23ClN4O3. The van der Waals surface area contributed by atoms with Gasteiger partial charge in [0.25, 0.3) is 5.91 Å². The number of nitrogens with zero attached hydrogens (tertiary/aromatic N) is 3. The molecule has 2 aromatic heterocycles. The van der Waals surface area contributed by atoms with Crippen molar-refractivity contribution in [2.75, 3.05) is 38.0 Å². The molecule has 0 bridgehead atoms. The van der Waals surface area contributed by atoms with Gasteiger partial charge < -0.3 is 14.6 Å². The largest absolute Gasteiger partial charge is 0.463 e. The van der Waals surface area contributed by atoms with Crippen molar-refractivity contribution in [2.24, 2.45) is 0 Å². The predicted molar refractivity (Wildman–Crippen MR) is 132 cm³/mol. The van der Waals surface area contributed by atoms with Gasteiger partial charge in [-0.1, -0.05) is 41.9 Å². The summed E-state index contributed by atoms with van der Waals surface area (Å²) >= 11 is 6.13. The number of nitrogens with one attached hydrogen (secondary N) is 1. The summed E-state index contributed by atoms with van der Waals surface area (Å²) in [5, 5.41) is 4.16. The Bertz CT molecular complexity index is 1330. The molecule has 0 spiro atoms. The zero-order valence-corrected chi connectivity index (χ0v) is 19.2. The first-order valence-electron chi connectivity index (χ1n) is 11.1. The summed E-state index contributed by atoms with van der Waals surface area (Å²) in [7, 11) is 0. The van der Waals surface area contributed by atoms with E-state index in [4.69, 9.17) is 16.0 Å². The van der Waals surface area contributed by atoms with Crippen LogP contribution >= 0.6 is 11.6 Å². The number of amides is 2. The Labute approximate surface area is 201 Å². The van der Waals surface area contributed by atoms with Gasteiger partial charge >= 0.3 is 0 Å². The number of piperazine rings is 1. The quantitative estimate of drug-likeness (QED) is 0.459. The van der Waals surface area contributed by atoms with Gasteiger partial charge in [-0.05, 0) is 36.4 Å². The monoisotopic (exact) mass is 474 g/mol. The Morgan fingerprint density at radius 2 is 1.74 bits per heavy atom. The predicted octanol–water partition coefficient (Wildman–Crippen LogP) is 4.54. The molecule has 1 fully saturated rings. The van der Waals surface area contributed by atoms with Crippen LogP contribution < -0.4 is 5.32 Å². The van der Waals surface area contributed by atoms with Gasteiger partial charge in [-0.25, -0.2) is 4.98 Å². The van der Waals surface area contributed by atoms with Crippen molar-refractivity contribution < 1.29 is 14.0 Å². The van der Waals surface area contributed by atoms with Crippen molar-refractivity contribution >= 4 is 40.0 Å². The highest BCUT2D eigenvalue weighted by Crippen LogP contribution is 2.26. The number of pyridine rings is 1. The van der Waals surface area contributed by atoms with Gasteiger partial charge in [-0.15, -0.1) is 0 Å². The molecule has 1 N–H and O–H groups in total. The van der Waals surface area contributed by atoms with Crippen molar-refractivity contribution in [3.8, 4) is 11.5 Å². The molecular weight excluding hydrogens is 452 g/mol. The van der Waals surface area contributed by atoms with E-state index in [-0.39, 0.29) is 18.4 Å². The summed E-state index contributed by atoms with van der Waals surface area (Å²) in [5.41, 5.74) is 2.57. The van der Waals surface area contributed by atoms with Gasteiger partial charge in [0, 0.05) is 31.6 Å². The summed E-state index contributed by atoms with van der Waals surface area (Å²) in [4.78, 5) is 34.5. The minimum Gasteiger partial charge on any atom is -0.463 e. The number of fused-ring (bicyclic) bond motifs is 1. The number of para-hydroxylation sites is 2. The highest BCUT2D eigenvalue weighted by atomic mass is 35.5. The third kappa shape index (κ3) is 4.66. The second-order valence-electron chi connectivity index (χ2n) is 8.15. The van der Waals surface area contributed by atoms with Crippen LogP contribution in [0.15, 0.2) is 77.4 Å². The maximum Gasteiger partial charge on any atom is 0.254 e. The second-order valence-corrected chi connectivity index (χ2v) is 8.55. The number of anilines is 1. The van der Waals surface area contributed by atoms with Crippen molar-refractivity contribution in [3.63, 3.8) is 0 Å². The van der Waals surface area contributed by atoms with Crippen LogP contribution in [-0.2, 0) is 4.79 Å². The molecule has 0 atom stereocenters. The SMILES string of the molecule is O=C(CN1CCN(C(=O)c2cc(-c3ccco3)nc3ccccc23)CC1)Nc1ccccc1Cl. The third-order valence-electron chi connectivity index (χ3n) is 5.89. The Hall–Kier alpha value is -3.68. The van der Waals surface area contributed by atoms with Crippen molar-refractivity contribution in [2.45, 2.75) is 0 Å². The van der Waals surface area contributed by atoms with E-state index in [2.05, 4.69) is 10.3 Å². The van der Waals surface area contributed by atoms with Gasteiger partial charge in [0.1, 0.15) is 5.69 Å². The molecule has 7 nitrogen and oxygen atoms in total. The zero-order valence-electron chi connectivity index (χ0n) is 18.4. The fourth-order valence-corrected chi connectivity index (χ4v) is 4.32. The lowest BCUT2D eigenvalue weighted by Crippen LogP contribution is -2.50. The Morgan fingerprint density at radius 1 is 0.971 bits per heavy atom. The Morgan fingerprint density at radius 3 is 2.50 bits per heavy atom. The normalized spacial score (nSPS) is 14.3. The van der Waals surface area contributed by atoms with Crippen molar-refractivity contribution in [1.29, 1.82) is 0 Å². The van der Waals surface area contributed by atoms with Gasteiger partial charge in [-0.2, -0.15) is 0 Å². The zero-order chi connectivity index (χ0) is 23.5. The van der Waals surface area contributed by atoms with E-state index in [1.54, 1.807) is 30.5 Å². The molecule has 0 aliphatic carbocycles. The number of rotatable bonds is 5. The maximum atomic E-state index is 13.5. The molecule has 0 saturated carbocycles. The van der Waals surface area contributed by atoms with Crippen LogP contribution in [0.1, 0.15) is 10.4 Å². The molecule has 2 aromatic carbocycles. The number of aromatic nitrogens is 1. The molecule has 1 aliphatic heterocycles. The van der Waals surface area contributed by atoms with Crippen molar-refractivity contribution in [1.82, 2.24) is 14.8 Å². The molecule has 2 amide bonds. The highest BCUT2D eigenvalue weighted by molar-refractivity contribution is 6.33. The van der Waals surface area contributed by atoms with E-state index in [1.165, 1.54) is 0 Å². The van der Waals surface area contributed by atoms with Crippen LogP contribution in [0.2, 0.25) is 5.02 Å². The Balaban J connectivity index is 1.27. The Kier molecular flexibility index (Phi) is 6.29. The highest BCUT2D eigenvalue weighted by Gasteiger charge is 2.25. The molecule has 3 heterocycles. The second kappa shape index (κ2) is 9.67. The summed E-state index contributed by atoms with van der Waals surface area (Å²) in [6.07, 6.45) is 1.59. The van der Waals surface area contributed by atoms with Gasteiger partial charge in [0.2, 0.25) is 5.91 Å². The minimum absolute atomic E-state index is 0.0495. The standard InChI is InChI=1S/C26H23ClN4O3/c27-20-7-2-4-9-22(20)29-25(32)17-30-11-13-31(14-12-30)26(33)19-16-23(24-10-5-15-34-24)28-21-8-3-1-6-18(19)21/h1-10,15-16H,11-14,17H2,(H,29,32). The molecule has 8 heteroatoms. The van der Waals surface area contributed by atoms with Gasteiger partial charge in [-0.3, -0.25) is 14.5 Å². The van der Waals surface area contributed by atoms with Crippen LogP contribution in [0.3, 0.4) is 0 Å². The van der Waals surface area contributed by atoms with Crippen LogP contribution in [0.5, 0.6) is 0 Å². The van der Waals surface area contributed by atoms with E-state index in [0.717, 1.165) is 10.9 Å². The van der Waals surface area contributed by atoms with Gasteiger partial charge in [0.15, 0.2) is 5.76 Å². The molecule has 172 valence electrons. The van der Waals surface area contributed by atoms with E-state index >= 15 is 0 Å². The van der Waals surface area contributed by atoms with Crippen LogP contribution in [-0.4, -0.2) is 59.3 Å². The lowest BCUT2D eigenvalue weighted by molar-refractivity contribution is -0.117. The van der Waals surface area contributed by atoms with E-state index in [1.807, 2.05) is 52.3 Å². The number of carbonyl (C=O) groups excluding carboxylic acids is 2. The number of benzene rings is 2. The van der Waals surface area contributed by atoms with E-state index < -0.39 is 0 Å². The number of hydrogen-bond acceptors (Lipinski definition) is 5. The van der Waals surface area contributed by atoms with Crippen LogP contribution in [0, 0.1) is 0 Å². The first-order chi connectivity index (χ1) is 16.6. The summed E-state index contributed by atoms with van der Waals surface area (Å²) < 4.78 is 5.51. The van der Waals surface area contributed by atoms with Gasteiger partial charge in [0.05, 0.1) is 34.6 Å². The minimum atomic E-state index is -0.129. The number of hydrogen-bond donors (Lipinski definition) is 1. The average molecular weight is 475 g/mol. The average Bonchev–Trinajstić information content (AvgIpc) is 3.40. The van der Waals surface area contributed by atoms with Crippen molar-refractivity contribution in [3.05, 3.63) is 83.6 Å². The lowest BCUT2D eigenvalue weighted by atomic mass is 10.0. The molecule has 4 aromatic rings. The number of halogens is 1. The maximum absolute atomic E-state index is 13.5. The summed E-state index contributed by atoms with van der Waals surface area (Å²) in [5.74, 6) is 0.442. The fraction of sp³-hybridized carbons (Fsp3) is 0.192. The topological polar surface area (TPSA) is 78.7 Å². The first-order valence-corrected chi connectivity index (χ1v) is 11.5. The molecule has 34 heavy (non-hydrogen) atoms. The fourth-order valence-electron chi connectivity index (χ4n) is 4.14. The summed E-state index contributed by atoms with van der Waals surface area (Å²) in [6, 6.07) is 20.2. The third-order valence-corrected chi connectivity index (χ3v) is 6.22. The summed E-state index contributed by atoms with van der Waals surface area (Å²) in [6.45, 7) is 2.52. The number of carbonyl (C=O) groups is 2. The number of furan rings is 1. The molecule has 0 unspecified atom stereocenters. The van der Waals surface area contributed by atoms with E-state index in [9.17, 15) is 9.59 Å². The smallest absolute Gasteiger partial charge is 0.254 e. The van der Waals surface area contributed by atoms with Crippen LogP contribution in [0.25, 0.3) is 22.4 Å². The molecule has 5 rings (SSSR count). The lowest BCUT2D eigenvalue weighted by Gasteiger charge is -2.34. The molecule has 0 radical (unpaired) electrons.